The Balaban J connectivity index is 1.80. The zero-order chi connectivity index (χ0) is 25.5. The van der Waals surface area contributed by atoms with Crippen molar-refractivity contribution in [1.82, 2.24) is 5.32 Å². The van der Waals surface area contributed by atoms with Gasteiger partial charge in [-0.25, -0.2) is 4.39 Å². The topological polar surface area (TPSA) is 101 Å². The summed E-state index contributed by atoms with van der Waals surface area (Å²) in [7, 11) is 1.49. The van der Waals surface area contributed by atoms with Gasteiger partial charge in [0.2, 0.25) is 0 Å². The Labute approximate surface area is 204 Å². The van der Waals surface area contributed by atoms with Crippen LogP contribution in [0.4, 0.5) is 10.1 Å². The maximum atomic E-state index is 13.7. The van der Waals surface area contributed by atoms with Crippen molar-refractivity contribution in [3.63, 3.8) is 0 Å². The summed E-state index contributed by atoms with van der Waals surface area (Å²) in [5.41, 5.74) is 2.94. The third-order valence-electron chi connectivity index (χ3n) is 5.58. The van der Waals surface area contributed by atoms with E-state index >= 15 is 0 Å². The SMILES string of the molecule is COc1cc(F)ccc1-c1cc(C(CC(C)C)Nc2ccc(C(=O)NCCC(=O)O)cc2)c(C)o1. The Morgan fingerprint density at radius 1 is 1.11 bits per heavy atom. The molecule has 1 heterocycles. The number of carboxylic acid groups (broad SMARTS) is 1. The van der Waals surface area contributed by atoms with Crippen molar-refractivity contribution in [2.75, 3.05) is 19.0 Å². The van der Waals surface area contributed by atoms with E-state index in [0.29, 0.717) is 28.6 Å². The van der Waals surface area contributed by atoms with E-state index in [0.717, 1.165) is 23.4 Å². The third kappa shape index (κ3) is 6.85. The van der Waals surface area contributed by atoms with E-state index in [1.807, 2.05) is 25.1 Å². The molecule has 0 aliphatic heterocycles. The lowest BCUT2D eigenvalue weighted by Gasteiger charge is -2.21. The minimum atomic E-state index is -0.961. The number of amides is 1. The van der Waals surface area contributed by atoms with Crippen molar-refractivity contribution in [2.24, 2.45) is 5.92 Å². The van der Waals surface area contributed by atoms with Crippen LogP contribution in [0, 0.1) is 18.7 Å². The summed E-state index contributed by atoms with van der Waals surface area (Å²) in [6, 6.07) is 13.3. The molecule has 1 amide bonds. The number of halogens is 1. The number of aliphatic carboxylic acids is 1. The number of hydrogen-bond acceptors (Lipinski definition) is 5. The molecule has 8 heteroatoms. The van der Waals surface area contributed by atoms with Crippen molar-refractivity contribution in [3.05, 3.63) is 71.2 Å². The molecular weight excluding hydrogens is 451 g/mol. The molecular formula is C27H31FN2O5. The average molecular weight is 483 g/mol. The molecule has 1 aromatic heterocycles. The predicted octanol–water partition coefficient (Wildman–Crippen LogP) is 5.81. The third-order valence-corrected chi connectivity index (χ3v) is 5.58. The number of methoxy groups -OCH3 is 1. The van der Waals surface area contributed by atoms with Gasteiger partial charge in [0.1, 0.15) is 23.1 Å². The first kappa shape index (κ1) is 25.8. The largest absolute Gasteiger partial charge is 0.496 e. The Kier molecular flexibility index (Phi) is 8.52. The number of ether oxygens (including phenoxy) is 1. The lowest BCUT2D eigenvalue weighted by Crippen LogP contribution is -2.25. The van der Waals surface area contributed by atoms with Crippen LogP contribution >= 0.6 is 0 Å². The number of nitrogens with one attached hydrogen (secondary N) is 2. The maximum absolute atomic E-state index is 13.7. The lowest BCUT2D eigenvalue weighted by atomic mass is 9.96. The number of carboxylic acids is 1. The van der Waals surface area contributed by atoms with E-state index in [1.165, 1.54) is 19.2 Å². The Morgan fingerprint density at radius 3 is 2.46 bits per heavy atom. The fourth-order valence-corrected chi connectivity index (χ4v) is 3.88. The van der Waals surface area contributed by atoms with E-state index < -0.39 is 5.97 Å². The fraction of sp³-hybridized carbons (Fsp3) is 0.333. The van der Waals surface area contributed by atoms with Crippen molar-refractivity contribution < 1.29 is 28.2 Å². The second-order valence-electron chi connectivity index (χ2n) is 8.77. The first-order valence-corrected chi connectivity index (χ1v) is 11.5. The maximum Gasteiger partial charge on any atom is 0.305 e. The Bertz CT molecular complexity index is 1170. The van der Waals surface area contributed by atoms with Gasteiger partial charge in [-0.2, -0.15) is 0 Å². The van der Waals surface area contributed by atoms with Crippen molar-refractivity contribution in [2.45, 2.75) is 39.7 Å². The highest BCUT2D eigenvalue weighted by molar-refractivity contribution is 5.94. The highest BCUT2D eigenvalue weighted by atomic mass is 19.1. The van der Waals surface area contributed by atoms with Gasteiger partial charge in [0.25, 0.3) is 5.91 Å². The fourth-order valence-electron chi connectivity index (χ4n) is 3.88. The molecule has 186 valence electrons. The zero-order valence-electron chi connectivity index (χ0n) is 20.4. The summed E-state index contributed by atoms with van der Waals surface area (Å²) < 4.78 is 25.0. The number of carbonyl (C=O) groups excluding carboxylic acids is 1. The second-order valence-corrected chi connectivity index (χ2v) is 8.77. The second kappa shape index (κ2) is 11.6. The van der Waals surface area contributed by atoms with Crippen LogP contribution in [-0.2, 0) is 4.79 Å². The van der Waals surface area contributed by atoms with Crippen LogP contribution in [0.2, 0.25) is 0 Å². The van der Waals surface area contributed by atoms with Crippen molar-refractivity contribution in [3.8, 4) is 17.1 Å². The molecule has 1 unspecified atom stereocenters. The van der Waals surface area contributed by atoms with Crippen molar-refractivity contribution in [1.29, 1.82) is 0 Å². The zero-order valence-corrected chi connectivity index (χ0v) is 20.4. The van der Waals surface area contributed by atoms with Gasteiger partial charge in [-0.15, -0.1) is 0 Å². The van der Waals surface area contributed by atoms with Crippen LogP contribution < -0.4 is 15.4 Å². The van der Waals surface area contributed by atoms with E-state index in [2.05, 4.69) is 24.5 Å². The van der Waals surface area contributed by atoms with E-state index in [-0.39, 0.29) is 30.7 Å². The molecule has 0 bridgehead atoms. The van der Waals surface area contributed by atoms with Gasteiger partial charge in [0, 0.05) is 29.4 Å². The molecule has 0 aliphatic carbocycles. The summed E-state index contributed by atoms with van der Waals surface area (Å²) >= 11 is 0. The molecule has 1 atom stereocenters. The quantitative estimate of drug-likeness (QED) is 0.319. The summed E-state index contributed by atoms with van der Waals surface area (Å²) in [5, 5.41) is 14.8. The van der Waals surface area contributed by atoms with Gasteiger partial charge in [-0.05, 0) is 61.7 Å². The van der Waals surface area contributed by atoms with Crippen LogP contribution in [0.3, 0.4) is 0 Å². The summed E-state index contributed by atoms with van der Waals surface area (Å²) in [4.78, 5) is 22.8. The summed E-state index contributed by atoms with van der Waals surface area (Å²) in [6.07, 6.45) is 0.704. The van der Waals surface area contributed by atoms with Gasteiger partial charge in [0.15, 0.2) is 0 Å². The lowest BCUT2D eigenvalue weighted by molar-refractivity contribution is -0.136. The molecule has 3 aromatic rings. The number of aryl methyl sites for hydroxylation is 1. The minimum absolute atomic E-state index is 0.0609. The molecule has 0 spiro atoms. The average Bonchev–Trinajstić information content (AvgIpc) is 3.19. The minimum Gasteiger partial charge on any atom is -0.496 e. The Morgan fingerprint density at radius 2 is 1.83 bits per heavy atom. The van der Waals surface area contributed by atoms with E-state index in [9.17, 15) is 14.0 Å². The number of benzene rings is 2. The molecule has 35 heavy (non-hydrogen) atoms. The number of rotatable bonds is 11. The molecule has 3 N–H and O–H groups in total. The number of carbonyl (C=O) groups is 2. The van der Waals surface area contributed by atoms with Gasteiger partial charge < -0.3 is 24.9 Å². The molecule has 0 saturated heterocycles. The number of anilines is 1. The Hall–Kier alpha value is -3.81. The molecule has 3 rings (SSSR count). The summed E-state index contributed by atoms with van der Waals surface area (Å²) in [6.45, 7) is 6.25. The van der Waals surface area contributed by atoms with Crippen LogP contribution in [0.25, 0.3) is 11.3 Å². The first-order chi connectivity index (χ1) is 16.7. The van der Waals surface area contributed by atoms with E-state index in [4.69, 9.17) is 14.3 Å². The van der Waals surface area contributed by atoms with Gasteiger partial charge >= 0.3 is 5.97 Å². The van der Waals surface area contributed by atoms with Gasteiger partial charge in [-0.3, -0.25) is 9.59 Å². The summed E-state index contributed by atoms with van der Waals surface area (Å²) in [5.74, 6) is 0.474. The molecule has 0 fully saturated rings. The standard InChI is InChI=1S/C27H31FN2O5/c1-16(2)13-23(30-20-8-5-18(6-9-20)27(33)29-12-11-26(31)32)22-15-25(35-17(22)3)21-10-7-19(28)14-24(21)34-4/h5-10,14-16,23,30H,11-13H2,1-4H3,(H,29,33)(H,31,32). The molecule has 2 aromatic carbocycles. The monoisotopic (exact) mass is 482 g/mol. The van der Waals surface area contributed by atoms with Crippen LogP contribution in [-0.4, -0.2) is 30.6 Å². The van der Waals surface area contributed by atoms with Crippen molar-refractivity contribution >= 4 is 17.6 Å². The molecule has 7 nitrogen and oxygen atoms in total. The van der Waals surface area contributed by atoms with Gasteiger partial charge in [-0.1, -0.05) is 13.8 Å². The normalized spacial score (nSPS) is 11.8. The smallest absolute Gasteiger partial charge is 0.305 e. The first-order valence-electron chi connectivity index (χ1n) is 11.5. The van der Waals surface area contributed by atoms with Crippen LogP contribution in [0.1, 0.15) is 54.4 Å². The molecule has 0 saturated carbocycles. The predicted molar refractivity (Wildman–Crippen MR) is 132 cm³/mol. The number of furan rings is 1. The van der Waals surface area contributed by atoms with E-state index in [1.54, 1.807) is 18.2 Å². The number of hydrogen-bond donors (Lipinski definition) is 3. The molecule has 0 aliphatic rings. The van der Waals surface area contributed by atoms with Gasteiger partial charge in [0.05, 0.1) is 25.1 Å². The van der Waals surface area contributed by atoms with Crippen LogP contribution in [0.5, 0.6) is 5.75 Å². The highest BCUT2D eigenvalue weighted by Crippen LogP contribution is 2.37. The van der Waals surface area contributed by atoms with Crippen LogP contribution in [0.15, 0.2) is 52.9 Å². The highest BCUT2D eigenvalue weighted by Gasteiger charge is 2.22. The molecule has 0 radical (unpaired) electrons.